The monoisotopic (exact) mass is 651 g/mol. The molecule has 0 spiro atoms. The number of hydrogen-bond donors (Lipinski definition) is 1. The van der Waals surface area contributed by atoms with Crippen LogP contribution in [0.15, 0.2) is 113 Å². The van der Waals surface area contributed by atoms with Crippen molar-refractivity contribution in [1.29, 1.82) is 0 Å². The number of benzene rings is 3. The maximum Gasteiger partial charge on any atom is 0.407 e. The number of nitrogens with one attached hydrogen (secondary N) is 1. The summed E-state index contributed by atoms with van der Waals surface area (Å²) >= 11 is 1.81. The summed E-state index contributed by atoms with van der Waals surface area (Å²) in [5.41, 5.74) is 2.47. The molecule has 3 heterocycles. The van der Waals surface area contributed by atoms with Crippen molar-refractivity contribution in [1.82, 2.24) is 19.8 Å². The maximum atomic E-state index is 12.4. The Morgan fingerprint density at radius 3 is 2.30 bits per heavy atom. The molecule has 7 nitrogen and oxygen atoms in total. The van der Waals surface area contributed by atoms with E-state index in [1.54, 1.807) is 7.05 Å². The molecule has 2 aliphatic rings. The standard InChI is InChI=1S/C39H49N5O2S/c1-3-10-35(46-38(45)40-2)25-39(29-43-24-21-41-30-43,32-11-6-4-7-12-32)33-19-22-42(23-20-33)26-31-27-44(28-31)34-15-17-37(18-16-34)47-36-13-8-5-9-14-36/h4-9,11-18,21,24,30-31,33,35H,3,10,19-20,22-23,25-29H2,1-2H3,(H,40,45). The van der Waals surface area contributed by atoms with Crippen LogP contribution in [0.5, 0.6) is 0 Å². The van der Waals surface area contributed by atoms with E-state index in [9.17, 15) is 4.79 Å². The number of carbonyl (C=O) groups is 1. The third kappa shape index (κ3) is 8.40. The third-order valence-electron chi connectivity index (χ3n) is 10.1. The molecule has 2 atom stereocenters. The molecule has 2 saturated heterocycles. The fourth-order valence-electron chi connectivity index (χ4n) is 7.70. The van der Waals surface area contributed by atoms with Gasteiger partial charge >= 0.3 is 6.09 Å². The molecular weight excluding hydrogens is 603 g/mol. The van der Waals surface area contributed by atoms with E-state index in [4.69, 9.17) is 4.74 Å². The Bertz CT molecular complexity index is 1500. The summed E-state index contributed by atoms with van der Waals surface area (Å²) in [4.78, 5) is 24.6. The Hall–Kier alpha value is -3.75. The lowest BCUT2D eigenvalue weighted by atomic mass is 9.63. The quantitative estimate of drug-likeness (QED) is 0.151. The first-order valence-corrected chi connectivity index (χ1v) is 18.1. The molecule has 2 fully saturated rings. The predicted octanol–water partition coefficient (Wildman–Crippen LogP) is 7.74. The number of nitrogens with zero attached hydrogens (tertiary/aromatic N) is 4. The van der Waals surface area contributed by atoms with Crippen LogP contribution in [0.1, 0.15) is 44.6 Å². The van der Waals surface area contributed by atoms with Crippen molar-refractivity contribution in [2.75, 3.05) is 44.7 Å². The maximum absolute atomic E-state index is 12.4. The molecule has 2 unspecified atom stereocenters. The van der Waals surface area contributed by atoms with E-state index in [-0.39, 0.29) is 17.6 Å². The number of imidazole rings is 1. The van der Waals surface area contributed by atoms with Crippen molar-refractivity contribution in [3.63, 3.8) is 0 Å². The molecule has 0 aliphatic carbocycles. The topological polar surface area (TPSA) is 62.6 Å². The number of aromatic nitrogens is 2. The van der Waals surface area contributed by atoms with E-state index in [1.165, 1.54) is 21.0 Å². The number of alkyl carbamates (subject to hydrolysis) is 1. The van der Waals surface area contributed by atoms with Gasteiger partial charge in [0.05, 0.1) is 6.33 Å². The smallest absolute Gasteiger partial charge is 0.407 e. The highest BCUT2D eigenvalue weighted by atomic mass is 32.2. The highest BCUT2D eigenvalue weighted by Gasteiger charge is 2.44. The second-order valence-corrected chi connectivity index (χ2v) is 14.4. The zero-order valence-electron chi connectivity index (χ0n) is 27.8. The van der Waals surface area contributed by atoms with Gasteiger partial charge in [-0.25, -0.2) is 9.78 Å². The minimum Gasteiger partial charge on any atom is -0.446 e. The lowest BCUT2D eigenvalue weighted by molar-refractivity contribution is 0.0359. The molecule has 4 aromatic rings. The number of ether oxygens (including phenoxy) is 1. The van der Waals surface area contributed by atoms with E-state index >= 15 is 0 Å². The van der Waals surface area contributed by atoms with Crippen LogP contribution in [0.2, 0.25) is 0 Å². The van der Waals surface area contributed by atoms with Gasteiger partial charge in [-0.3, -0.25) is 0 Å². The van der Waals surface area contributed by atoms with Crippen molar-refractivity contribution in [3.05, 3.63) is 109 Å². The van der Waals surface area contributed by atoms with Gasteiger partial charge in [-0.2, -0.15) is 0 Å². The molecule has 1 amide bonds. The summed E-state index contributed by atoms with van der Waals surface area (Å²) in [6.07, 6.45) is 10.2. The van der Waals surface area contributed by atoms with Crippen LogP contribution >= 0.6 is 11.8 Å². The molecule has 8 heteroatoms. The van der Waals surface area contributed by atoms with Crippen molar-refractivity contribution in [3.8, 4) is 0 Å². The number of rotatable bonds is 14. The summed E-state index contributed by atoms with van der Waals surface area (Å²) in [5, 5.41) is 2.68. The summed E-state index contributed by atoms with van der Waals surface area (Å²) in [6, 6.07) is 30.6. The van der Waals surface area contributed by atoms with Crippen LogP contribution in [0.4, 0.5) is 10.5 Å². The minimum atomic E-state index is -0.348. The third-order valence-corrected chi connectivity index (χ3v) is 11.1. The SMILES string of the molecule is CCCC(CC(Cn1ccnc1)(c1ccccc1)C1CCN(CC2CN(c3ccc(Sc4ccccc4)cc3)C2)CC1)OC(=O)NC. The van der Waals surface area contributed by atoms with E-state index in [0.717, 1.165) is 71.4 Å². The van der Waals surface area contributed by atoms with Gasteiger partial charge in [0.1, 0.15) is 6.10 Å². The van der Waals surface area contributed by atoms with E-state index < -0.39 is 0 Å². The Kier molecular flexibility index (Phi) is 11.2. The Morgan fingerprint density at radius 2 is 1.66 bits per heavy atom. The fraction of sp³-hybridized carbons (Fsp3) is 0.436. The van der Waals surface area contributed by atoms with Gasteiger partial charge < -0.3 is 24.4 Å². The van der Waals surface area contributed by atoms with Crippen molar-refractivity contribution in [2.45, 2.75) is 66.9 Å². The summed E-state index contributed by atoms with van der Waals surface area (Å²) < 4.78 is 8.23. The summed E-state index contributed by atoms with van der Waals surface area (Å²) in [5.74, 6) is 1.16. The van der Waals surface area contributed by atoms with Crippen molar-refractivity contribution >= 4 is 23.5 Å². The lowest BCUT2D eigenvalue weighted by Crippen LogP contribution is -2.54. The Balaban J connectivity index is 1.09. The van der Waals surface area contributed by atoms with Crippen LogP contribution in [-0.4, -0.2) is 66.4 Å². The van der Waals surface area contributed by atoms with Gasteiger partial charge in [0.15, 0.2) is 0 Å². The fourth-order valence-corrected chi connectivity index (χ4v) is 8.54. The molecule has 0 bridgehead atoms. The van der Waals surface area contributed by atoms with Gasteiger partial charge in [-0.1, -0.05) is 73.6 Å². The number of likely N-dealkylation sites (tertiary alicyclic amines) is 1. The van der Waals surface area contributed by atoms with Crippen LogP contribution in [0, 0.1) is 11.8 Å². The average molecular weight is 652 g/mol. The van der Waals surface area contributed by atoms with Gasteiger partial charge in [0.2, 0.25) is 0 Å². The summed E-state index contributed by atoms with van der Waals surface area (Å²) in [6.45, 7) is 8.58. The van der Waals surface area contributed by atoms with Crippen LogP contribution < -0.4 is 10.2 Å². The van der Waals surface area contributed by atoms with Gasteiger partial charge in [-0.15, -0.1) is 0 Å². The normalized spacial score (nSPS) is 17.9. The zero-order chi connectivity index (χ0) is 32.5. The molecule has 3 aromatic carbocycles. The number of amides is 1. The molecule has 2 aliphatic heterocycles. The number of piperidine rings is 1. The van der Waals surface area contributed by atoms with E-state index in [1.807, 2.05) is 24.3 Å². The molecular formula is C39H49N5O2S. The largest absolute Gasteiger partial charge is 0.446 e. The van der Waals surface area contributed by atoms with Gasteiger partial charge in [-0.05, 0) is 86.7 Å². The number of carbonyl (C=O) groups excluding carboxylic acids is 1. The molecule has 47 heavy (non-hydrogen) atoms. The van der Waals surface area contributed by atoms with Gasteiger partial charge in [0.25, 0.3) is 0 Å². The minimum absolute atomic E-state index is 0.159. The van der Waals surface area contributed by atoms with Crippen LogP contribution in [-0.2, 0) is 16.7 Å². The van der Waals surface area contributed by atoms with Gasteiger partial charge in [0, 0.05) is 72.4 Å². The first kappa shape index (κ1) is 33.2. The lowest BCUT2D eigenvalue weighted by Gasteiger charge is -2.48. The Morgan fingerprint density at radius 1 is 0.979 bits per heavy atom. The van der Waals surface area contributed by atoms with E-state index in [0.29, 0.717) is 11.8 Å². The highest BCUT2D eigenvalue weighted by molar-refractivity contribution is 7.99. The second-order valence-electron chi connectivity index (χ2n) is 13.3. The molecule has 248 valence electrons. The second kappa shape index (κ2) is 15.9. The number of anilines is 1. The Labute approximate surface area is 284 Å². The summed E-state index contributed by atoms with van der Waals surface area (Å²) in [7, 11) is 1.64. The van der Waals surface area contributed by atoms with Crippen LogP contribution in [0.25, 0.3) is 0 Å². The van der Waals surface area contributed by atoms with Crippen molar-refractivity contribution < 1.29 is 9.53 Å². The first-order chi connectivity index (χ1) is 23.0. The van der Waals surface area contributed by atoms with Crippen molar-refractivity contribution in [2.24, 2.45) is 11.8 Å². The zero-order valence-corrected chi connectivity index (χ0v) is 28.7. The molecule has 0 saturated carbocycles. The first-order valence-electron chi connectivity index (χ1n) is 17.2. The van der Waals surface area contributed by atoms with Crippen LogP contribution in [0.3, 0.4) is 0 Å². The molecule has 6 rings (SSSR count). The number of hydrogen-bond acceptors (Lipinski definition) is 6. The molecule has 1 N–H and O–H groups in total. The average Bonchev–Trinajstić information content (AvgIpc) is 3.60. The van der Waals surface area contributed by atoms with E-state index in [2.05, 4.69) is 123 Å². The molecule has 1 aromatic heterocycles. The predicted molar refractivity (Wildman–Crippen MR) is 191 cm³/mol. The highest BCUT2D eigenvalue weighted by Crippen LogP contribution is 2.45. The molecule has 0 radical (unpaired) electrons.